The second kappa shape index (κ2) is 6.08. The molecule has 0 fully saturated rings. The topological polar surface area (TPSA) is 107 Å². The highest BCUT2D eigenvalue weighted by atomic mass is 16.4. The van der Waals surface area contributed by atoms with Crippen molar-refractivity contribution in [3.63, 3.8) is 0 Å². The van der Waals surface area contributed by atoms with E-state index in [4.69, 9.17) is 5.11 Å². The van der Waals surface area contributed by atoms with Crippen molar-refractivity contribution in [1.82, 2.24) is 5.32 Å². The molecule has 0 aromatic heterocycles. The monoisotopic (exact) mass is 267 g/mol. The van der Waals surface area contributed by atoms with E-state index < -0.39 is 17.9 Å². The van der Waals surface area contributed by atoms with Crippen LogP contribution in [0.2, 0.25) is 0 Å². The number of benzene rings is 1. The average Bonchev–Trinajstić information content (AvgIpc) is 2.27. The Labute approximate surface area is 110 Å². The van der Waals surface area contributed by atoms with Gasteiger partial charge < -0.3 is 20.6 Å². The van der Waals surface area contributed by atoms with Gasteiger partial charge >= 0.3 is 5.97 Å². The molecule has 4 N–H and O–H groups in total. The summed E-state index contributed by atoms with van der Waals surface area (Å²) in [4.78, 5) is 22.2. The maximum absolute atomic E-state index is 11.6. The summed E-state index contributed by atoms with van der Waals surface area (Å²) in [6.45, 7) is 3.11. The van der Waals surface area contributed by atoms with Gasteiger partial charge in [-0.1, -0.05) is 13.0 Å². The minimum absolute atomic E-state index is 0.0515. The van der Waals surface area contributed by atoms with E-state index in [1.165, 1.54) is 25.1 Å². The van der Waals surface area contributed by atoms with Crippen molar-refractivity contribution >= 4 is 11.9 Å². The fraction of sp³-hybridized carbons (Fsp3) is 0.385. The van der Waals surface area contributed by atoms with Crippen molar-refractivity contribution in [2.45, 2.75) is 32.2 Å². The van der Waals surface area contributed by atoms with E-state index in [-0.39, 0.29) is 23.8 Å². The Bertz CT molecular complexity index is 486. The predicted octanol–water partition coefficient (Wildman–Crippen LogP) is 1.18. The first-order chi connectivity index (χ1) is 8.81. The van der Waals surface area contributed by atoms with Gasteiger partial charge in [-0.15, -0.1) is 0 Å². The molecule has 0 heterocycles. The third-order valence-corrected chi connectivity index (χ3v) is 2.78. The van der Waals surface area contributed by atoms with E-state index >= 15 is 0 Å². The largest absolute Gasteiger partial charge is 0.508 e. The molecule has 0 aliphatic rings. The first-order valence-electron chi connectivity index (χ1n) is 5.85. The summed E-state index contributed by atoms with van der Waals surface area (Å²) in [6, 6.07) is 3.20. The van der Waals surface area contributed by atoms with Crippen LogP contribution in [0.3, 0.4) is 0 Å². The number of carboxylic acid groups (broad SMARTS) is 1. The molecule has 1 rings (SSSR count). The molecule has 0 aliphatic heterocycles. The Morgan fingerprint density at radius 1 is 1.26 bits per heavy atom. The minimum atomic E-state index is -1.10. The number of phenolic OH excluding ortho intramolecular Hbond substituents is 2. The van der Waals surface area contributed by atoms with Gasteiger partial charge in [0, 0.05) is 12.5 Å². The third-order valence-electron chi connectivity index (χ3n) is 2.78. The van der Waals surface area contributed by atoms with Crippen molar-refractivity contribution in [2.24, 2.45) is 0 Å². The smallest absolute Gasteiger partial charge is 0.325 e. The van der Waals surface area contributed by atoms with Crippen LogP contribution in [0.1, 0.15) is 31.7 Å². The highest BCUT2D eigenvalue weighted by Crippen LogP contribution is 2.30. The predicted molar refractivity (Wildman–Crippen MR) is 68.0 cm³/mol. The SMILES string of the molecule is CC(CC(=O)N[C@@H](C)C(=O)O)c1ccc(O)cc1O. The van der Waals surface area contributed by atoms with Gasteiger partial charge in [-0.3, -0.25) is 9.59 Å². The minimum Gasteiger partial charge on any atom is -0.508 e. The Morgan fingerprint density at radius 2 is 1.89 bits per heavy atom. The number of aromatic hydroxyl groups is 2. The first kappa shape index (κ1) is 14.8. The molecule has 104 valence electrons. The van der Waals surface area contributed by atoms with Gasteiger partial charge in [0.25, 0.3) is 0 Å². The van der Waals surface area contributed by atoms with Crippen LogP contribution < -0.4 is 5.32 Å². The molecule has 0 aliphatic carbocycles. The molecule has 6 heteroatoms. The summed E-state index contributed by atoms with van der Waals surface area (Å²) < 4.78 is 0. The Morgan fingerprint density at radius 3 is 2.42 bits per heavy atom. The average molecular weight is 267 g/mol. The standard InChI is InChI=1S/C13H17NO5/c1-7(5-12(17)14-8(2)13(18)19)10-4-3-9(15)6-11(10)16/h3-4,6-8,15-16H,5H2,1-2H3,(H,14,17)(H,18,19)/t7?,8-/m0/s1. The van der Waals surface area contributed by atoms with E-state index in [9.17, 15) is 19.8 Å². The lowest BCUT2D eigenvalue weighted by Crippen LogP contribution is -2.38. The zero-order valence-corrected chi connectivity index (χ0v) is 10.8. The highest BCUT2D eigenvalue weighted by Gasteiger charge is 2.18. The van der Waals surface area contributed by atoms with Crippen LogP contribution >= 0.6 is 0 Å². The number of carbonyl (C=O) groups is 2. The molecular formula is C13H17NO5. The van der Waals surface area contributed by atoms with Gasteiger partial charge in [-0.25, -0.2) is 0 Å². The molecule has 1 aromatic rings. The summed E-state index contributed by atoms with van der Waals surface area (Å²) in [5.74, 6) is -1.95. The number of nitrogens with one attached hydrogen (secondary N) is 1. The molecule has 0 bridgehead atoms. The molecule has 1 unspecified atom stereocenters. The third kappa shape index (κ3) is 4.17. The fourth-order valence-corrected chi connectivity index (χ4v) is 1.70. The lowest BCUT2D eigenvalue weighted by molar-refractivity contribution is -0.141. The van der Waals surface area contributed by atoms with E-state index in [0.717, 1.165) is 0 Å². The van der Waals surface area contributed by atoms with Crippen molar-refractivity contribution in [1.29, 1.82) is 0 Å². The van der Waals surface area contributed by atoms with Crippen LogP contribution in [-0.2, 0) is 9.59 Å². The second-order valence-corrected chi connectivity index (χ2v) is 4.48. The molecule has 2 atom stereocenters. The normalized spacial score (nSPS) is 13.6. The van der Waals surface area contributed by atoms with Gasteiger partial charge in [-0.05, 0) is 24.5 Å². The van der Waals surface area contributed by atoms with Crippen molar-refractivity contribution in [3.05, 3.63) is 23.8 Å². The van der Waals surface area contributed by atoms with Crippen LogP contribution in [0, 0.1) is 0 Å². The molecule has 19 heavy (non-hydrogen) atoms. The molecule has 0 saturated carbocycles. The van der Waals surface area contributed by atoms with Crippen LogP contribution in [0.4, 0.5) is 0 Å². The molecule has 1 aromatic carbocycles. The summed E-state index contributed by atoms with van der Waals surface area (Å²) >= 11 is 0. The zero-order chi connectivity index (χ0) is 14.6. The van der Waals surface area contributed by atoms with Crippen molar-refractivity contribution in [3.8, 4) is 11.5 Å². The first-order valence-corrected chi connectivity index (χ1v) is 5.85. The van der Waals surface area contributed by atoms with Gasteiger partial charge in [0.15, 0.2) is 0 Å². The summed E-state index contributed by atoms with van der Waals surface area (Å²) in [5.41, 5.74) is 0.524. The lowest BCUT2D eigenvalue weighted by atomic mass is 9.96. The van der Waals surface area contributed by atoms with Crippen molar-refractivity contribution in [2.75, 3.05) is 0 Å². The molecule has 0 spiro atoms. The number of rotatable bonds is 5. The van der Waals surface area contributed by atoms with E-state index in [1.807, 2.05) is 0 Å². The number of phenols is 2. The van der Waals surface area contributed by atoms with Crippen LogP contribution in [0.15, 0.2) is 18.2 Å². The van der Waals surface area contributed by atoms with Gasteiger partial charge in [-0.2, -0.15) is 0 Å². The van der Waals surface area contributed by atoms with E-state index in [0.29, 0.717) is 5.56 Å². The summed E-state index contributed by atoms with van der Waals surface area (Å²) in [5, 5.41) is 29.9. The number of amides is 1. The highest BCUT2D eigenvalue weighted by molar-refractivity contribution is 5.83. The van der Waals surface area contributed by atoms with E-state index in [1.54, 1.807) is 6.92 Å². The molecule has 0 radical (unpaired) electrons. The number of hydrogen-bond donors (Lipinski definition) is 4. The van der Waals surface area contributed by atoms with Gasteiger partial charge in [0.2, 0.25) is 5.91 Å². The van der Waals surface area contributed by atoms with Crippen molar-refractivity contribution < 1.29 is 24.9 Å². The lowest BCUT2D eigenvalue weighted by Gasteiger charge is -2.15. The Balaban J connectivity index is 2.66. The molecular weight excluding hydrogens is 250 g/mol. The van der Waals surface area contributed by atoms with Crippen LogP contribution in [0.25, 0.3) is 0 Å². The molecule has 0 saturated heterocycles. The quantitative estimate of drug-likeness (QED) is 0.641. The number of carboxylic acids is 1. The van der Waals surface area contributed by atoms with Crippen LogP contribution in [0.5, 0.6) is 11.5 Å². The molecule has 1 amide bonds. The maximum Gasteiger partial charge on any atom is 0.325 e. The summed E-state index contributed by atoms with van der Waals surface area (Å²) in [7, 11) is 0. The maximum atomic E-state index is 11.6. The summed E-state index contributed by atoms with van der Waals surface area (Å²) in [6.07, 6.45) is 0.0515. The number of aliphatic carboxylic acids is 1. The van der Waals surface area contributed by atoms with Crippen LogP contribution in [-0.4, -0.2) is 33.2 Å². The second-order valence-electron chi connectivity index (χ2n) is 4.48. The Kier molecular flexibility index (Phi) is 4.74. The van der Waals surface area contributed by atoms with Gasteiger partial charge in [0.1, 0.15) is 17.5 Å². The van der Waals surface area contributed by atoms with E-state index in [2.05, 4.69) is 5.32 Å². The number of hydrogen-bond acceptors (Lipinski definition) is 4. The fourth-order valence-electron chi connectivity index (χ4n) is 1.70. The molecule has 6 nitrogen and oxygen atoms in total. The van der Waals surface area contributed by atoms with Gasteiger partial charge in [0.05, 0.1) is 0 Å². The Hall–Kier alpha value is -2.24. The zero-order valence-electron chi connectivity index (χ0n) is 10.8. The number of carbonyl (C=O) groups excluding carboxylic acids is 1.